The van der Waals surface area contributed by atoms with Crippen LogP contribution in [0.4, 0.5) is 4.48 Å². The highest BCUT2D eigenvalue weighted by Crippen LogP contribution is 2.30. The van der Waals surface area contributed by atoms with E-state index in [0.717, 1.165) is 5.56 Å². The van der Waals surface area contributed by atoms with Crippen molar-refractivity contribution in [2.45, 2.75) is 12.3 Å². The van der Waals surface area contributed by atoms with Gasteiger partial charge in [0.2, 0.25) is 0 Å². The molecule has 1 aromatic rings. The second-order valence-electron chi connectivity index (χ2n) is 3.18. The van der Waals surface area contributed by atoms with E-state index < -0.39 is 5.91 Å². The summed E-state index contributed by atoms with van der Waals surface area (Å²) in [6, 6.07) is 9.27. The van der Waals surface area contributed by atoms with Gasteiger partial charge in [-0.05, 0) is 5.56 Å². The first-order valence-electron chi connectivity index (χ1n) is 4.27. The Hall–Kier alpha value is -1.29. The number of hydrogen-bond acceptors (Lipinski definition) is 2. The molecule has 0 N–H and O–H groups in total. The van der Waals surface area contributed by atoms with Gasteiger partial charge in [0.1, 0.15) is 4.99 Å². The maximum absolute atomic E-state index is 13.0. The Balaban J connectivity index is 2.30. The molecule has 1 amide bonds. The quantitative estimate of drug-likeness (QED) is 0.522. The molecule has 0 radical (unpaired) electrons. The Bertz CT molecular complexity index is 379. The predicted molar refractivity (Wildman–Crippen MR) is 54.4 cm³/mol. The summed E-state index contributed by atoms with van der Waals surface area (Å²) in [7, 11) is 0. The van der Waals surface area contributed by atoms with Crippen LogP contribution in [0.1, 0.15) is 17.9 Å². The Kier molecular flexibility index (Phi) is 2.29. The summed E-state index contributed by atoms with van der Waals surface area (Å²) < 4.78 is 13.0. The highest BCUT2D eigenvalue weighted by atomic mass is 32.1. The molecule has 2 rings (SSSR count). The van der Waals surface area contributed by atoms with E-state index in [9.17, 15) is 9.28 Å². The number of nitrogens with zero attached hydrogens (tertiary/aromatic N) is 1. The van der Waals surface area contributed by atoms with Gasteiger partial charge >= 0.3 is 0 Å². The molecule has 14 heavy (non-hydrogen) atoms. The van der Waals surface area contributed by atoms with Crippen molar-refractivity contribution in [3.05, 3.63) is 35.9 Å². The lowest BCUT2D eigenvalue weighted by Gasteiger charge is -2.08. The fourth-order valence-corrected chi connectivity index (χ4v) is 1.87. The summed E-state index contributed by atoms with van der Waals surface area (Å²) in [4.78, 5) is 11.1. The summed E-state index contributed by atoms with van der Waals surface area (Å²) >= 11 is 4.85. The van der Waals surface area contributed by atoms with E-state index in [1.807, 2.05) is 30.3 Å². The van der Waals surface area contributed by atoms with Crippen molar-refractivity contribution in [3.8, 4) is 0 Å². The van der Waals surface area contributed by atoms with Gasteiger partial charge in [-0.2, -0.15) is 0 Å². The van der Waals surface area contributed by atoms with Crippen LogP contribution in [0.25, 0.3) is 0 Å². The average Bonchev–Trinajstić information content (AvgIpc) is 2.47. The molecule has 0 saturated carbocycles. The summed E-state index contributed by atoms with van der Waals surface area (Å²) in [6.45, 7) is 0. The number of halogens is 1. The van der Waals surface area contributed by atoms with Crippen LogP contribution in [0.15, 0.2) is 30.3 Å². The smallest absolute Gasteiger partial charge is 0.256 e. The molecule has 1 unspecified atom stereocenters. The van der Waals surface area contributed by atoms with E-state index in [2.05, 4.69) is 0 Å². The second kappa shape index (κ2) is 3.46. The highest BCUT2D eigenvalue weighted by Gasteiger charge is 2.36. The first-order chi connectivity index (χ1) is 6.70. The van der Waals surface area contributed by atoms with E-state index in [-0.39, 0.29) is 22.4 Å². The number of hydrogen-bond donors (Lipinski definition) is 0. The molecule has 1 aliphatic heterocycles. The van der Waals surface area contributed by atoms with Crippen molar-refractivity contribution in [2.24, 2.45) is 0 Å². The van der Waals surface area contributed by atoms with Gasteiger partial charge in [-0.1, -0.05) is 47.0 Å². The van der Waals surface area contributed by atoms with Crippen LogP contribution < -0.4 is 0 Å². The number of amides is 1. The van der Waals surface area contributed by atoms with Crippen LogP contribution >= 0.6 is 12.2 Å². The third-order valence-electron chi connectivity index (χ3n) is 2.29. The Morgan fingerprint density at radius 3 is 2.50 bits per heavy atom. The summed E-state index contributed by atoms with van der Waals surface area (Å²) in [6.07, 6.45) is 0.138. The predicted octanol–water partition coefficient (Wildman–Crippen LogP) is 2.21. The number of benzene rings is 1. The fraction of sp³-hybridized carbons (Fsp3) is 0.200. The fourth-order valence-electron chi connectivity index (χ4n) is 1.55. The number of carbonyl (C=O) groups is 1. The molecule has 72 valence electrons. The maximum atomic E-state index is 13.0. The molecular formula is C10H8FNOS. The van der Waals surface area contributed by atoms with Crippen LogP contribution in [0, 0.1) is 0 Å². The second-order valence-corrected chi connectivity index (χ2v) is 3.60. The number of carbonyl (C=O) groups excluding carboxylic acids is 1. The van der Waals surface area contributed by atoms with Crippen LogP contribution in [0.5, 0.6) is 0 Å². The van der Waals surface area contributed by atoms with Crippen molar-refractivity contribution < 1.29 is 9.28 Å². The van der Waals surface area contributed by atoms with Crippen molar-refractivity contribution in [1.29, 1.82) is 0 Å². The van der Waals surface area contributed by atoms with E-state index in [1.54, 1.807) is 0 Å². The molecule has 0 bridgehead atoms. The first-order valence-corrected chi connectivity index (χ1v) is 4.68. The van der Waals surface area contributed by atoms with Crippen molar-refractivity contribution >= 4 is 23.1 Å². The number of thiocarbonyl (C=S) groups is 1. The molecule has 1 aliphatic rings. The minimum Gasteiger partial charge on any atom is -0.272 e. The summed E-state index contributed by atoms with van der Waals surface area (Å²) in [5.74, 6) is -0.826. The Morgan fingerprint density at radius 2 is 2.00 bits per heavy atom. The van der Waals surface area contributed by atoms with Crippen molar-refractivity contribution in [3.63, 3.8) is 0 Å². The van der Waals surface area contributed by atoms with Crippen molar-refractivity contribution in [1.82, 2.24) is 5.12 Å². The molecule has 1 aromatic carbocycles. The molecule has 1 fully saturated rings. The molecule has 1 saturated heterocycles. The molecule has 0 aliphatic carbocycles. The standard InChI is InChI=1S/C10H8FNOS/c11-12-9(13)6-8(10(12)14)7-4-2-1-3-5-7/h1-5,8H,6H2. The van der Waals surface area contributed by atoms with Crippen molar-refractivity contribution in [2.75, 3.05) is 0 Å². The largest absolute Gasteiger partial charge is 0.272 e. The van der Waals surface area contributed by atoms with Gasteiger partial charge in [-0.3, -0.25) is 4.79 Å². The zero-order valence-electron chi connectivity index (χ0n) is 7.31. The normalized spacial score (nSPS) is 21.8. The van der Waals surface area contributed by atoms with Crippen LogP contribution in [0.2, 0.25) is 0 Å². The molecule has 4 heteroatoms. The molecular weight excluding hydrogens is 201 g/mol. The molecule has 2 nitrogen and oxygen atoms in total. The third-order valence-corrected chi connectivity index (χ3v) is 2.74. The van der Waals surface area contributed by atoms with Crippen LogP contribution in [0.3, 0.4) is 0 Å². The lowest BCUT2D eigenvalue weighted by molar-refractivity contribution is -0.134. The van der Waals surface area contributed by atoms with Gasteiger partial charge in [0.25, 0.3) is 5.91 Å². The minimum absolute atomic E-state index is 0.0706. The minimum atomic E-state index is -0.552. The van der Waals surface area contributed by atoms with Gasteiger partial charge < -0.3 is 0 Å². The first kappa shape index (κ1) is 9.27. The summed E-state index contributed by atoms with van der Waals surface area (Å²) in [5, 5.41) is 0.0764. The molecule has 0 spiro atoms. The van der Waals surface area contributed by atoms with Crippen LogP contribution in [-0.2, 0) is 4.79 Å². The molecule has 1 atom stereocenters. The third kappa shape index (κ3) is 1.42. The van der Waals surface area contributed by atoms with Gasteiger partial charge in [0, 0.05) is 12.3 Å². The lowest BCUT2D eigenvalue weighted by atomic mass is 9.98. The van der Waals surface area contributed by atoms with Gasteiger partial charge in [-0.25, -0.2) is 0 Å². The number of rotatable bonds is 1. The zero-order chi connectivity index (χ0) is 10.1. The topological polar surface area (TPSA) is 20.3 Å². The van der Waals surface area contributed by atoms with E-state index in [1.165, 1.54) is 0 Å². The van der Waals surface area contributed by atoms with E-state index in [4.69, 9.17) is 12.2 Å². The Morgan fingerprint density at radius 1 is 1.36 bits per heavy atom. The van der Waals surface area contributed by atoms with Crippen LogP contribution in [-0.4, -0.2) is 16.0 Å². The lowest BCUT2D eigenvalue weighted by Crippen LogP contribution is -2.19. The molecule has 1 heterocycles. The van der Waals surface area contributed by atoms with E-state index in [0.29, 0.717) is 0 Å². The van der Waals surface area contributed by atoms with E-state index >= 15 is 0 Å². The highest BCUT2D eigenvalue weighted by molar-refractivity contribution is 7.80. The van der Waals surface area contributed by atoms with Gasteiger partial charge in [-0.15, -0.1) is 5.12 Å². The average molecular weight is 209 g/mol. The summed E-state index contributed by atoms with van der Waals surface area (Å²) in [5.41, 5.74) is 0.894. The Labute approximate surface area is 86.3 Å². The maximum Gasteiger partial charge on any atom is 0.256 e. The monoisotopic (exact) mass is 209 g/mol. The zero-order valence-corrected chi connectivity index (χ0v) is 8.13. The van der Waals surface area contributed by atoms with Gasteiger partial charge in [0.15, 0.2) is 0 Å². The molecule has 0 aromatic heterocycles. The SMILES string of the molecule is O=C1CC(c2ccccc2)C(=S)N1F. The van der Waals surface area contributed by atoms with Gasteiger partial charge in [0.05, 0.1) is 0 Å².